The number of aliphatic hydroxyl groups is 4. The van der Waals surface area contributed by atoms with Gasteiger partial charge in [0.15, 0.2) is 0 Å². The molecular weight excluding hydrogens is 273 g/mol. The fourth-order valence-electron chi connectivity index (χ4n) is 0.913. The Balaban J connectivity index is 4.31. The van der Waals surface area contributed by atoms with Crippen molar-refractivity contribution < 1.29 is 44.1 Å². The lowest BCUT2D eigenvalue weighted by Gasteiger charge is -2.24. The van der Waals surface area contributed by atoms with Crippen molar-refractivity contribution in [3.05, 3.63) is 0 Å². The first-order chi connectivity index (χ1) is 8.19. The molecule has 0 aromatic rings. The van der Waals surface area contributed by atoms with Crippen LogP contribution < -0.4 is 0 Å². The molecule has 0 heterocycles. The predicted molar refractivity (Wildman–Crippen MR) is 57.5 cm³/mol. The van der Waals surface area contributed by atoms with E-state index in [1.54, 1.807) is 0 Å². The molecule has 0 radical (unpaired) electrons. The normalized spacial score (nSPS) is 19.5. The minimum atomic E-state index is -4.79. The molecule has 0 rings (SSSR count). The molecule has 0 aliphatic heterocycles. The summed E-state index contributed by atoms with van der Waals surface area (Å²) in [6.45, 7) is -0.920. The third-order valence-corrected chi connectivity index (χ3v) is 2.31. The van der Waals surface area contributed by atoms with Crippen molar-refractivity contribution in [3.8, 4) is 0 Å². The third-order valence-electron chi connectivity index (χ3n) is 1.83. The van der Waals surface area contributed by atoms with Gasteiger partial charge in [-0.2, -0.15) is 0 Å². The smallest absolute Gasteiger partial charge is 0.399 e. The highest BCUT2D eigenvalue weighted by Crippen LogP contribution is 2.35. The van der Waals surface area contributed by atoms with Gasteiger partial charge >= 0.3 is 7.82 Å². The van der Waals surface area contributed by atoms with Crippen LogP contribution in [0.3, 0.4) is 0 Å². The zero-order valence-corrected chi connectivity index (χ0v) is 10.3. The van der Waals surface area contributed by atoms with E-state index in [1.807, 2.05) is 0 Å². The summed E-state index contributed by atoms with van der Waals surface area (Å²) in [5.41, 5.74) is 0. The summed E-state index contributed by atoms with van der Waals surface area (Å²) in [7, 11) is -3.60. The van der Waals surface area contributed by atoms with Crippen molar-refractivity contribution in [1.82, 2.24) is 0 Å². The van der Waals surface area contributed by atoms with E-state index >= 15 is 0 Å². The zero-order valence-electron chi connectivity index (χ0n) is 9.40. The van der Waals surface area contributed by atoms with E-state index in [-0.39, 0.29) is 0 Å². The van der Waals surface area contributed by atoms with Crippen LogP contribution in [0.1, 0.15) is 0 Å². The number of hydrogen-bond acceptors (Lipinski definition) is 8. The van der Waals surface area contributed by atoms with Crippen LogP contribution in [-0.2, 0) is 13.9 Å². The maximum absolute atomic E-state index is 10.3. The molecule has 4 atom stereocenters. The maximum atomic E-state index is 10.3. The molecule has 6 N–H and O–H groups in total. The Bertz CT molecular complexity index is 305. The van der Waals surface area contributed by atoms with Crippen molar-refractivity contribution in [2.45, 2.75) is 24.4 Å². The largest absolute Gasteiger partial charge is 0.469 e. The molecule has 0 bridgehead atoms. The van der Waals surface area contributed by atoms with Gasteiger partial charge in [0.2, 0.25) is 0 Å². The quantitative estimate of drug-likeness (QED) is 0.157. The number of aliphatic hydroxyl groups excluding tert-OH is 4. The molecule has 0 aromatic heterocycles. The zero-order chi connectivity index (χ0) is 14.3. The van der Waals surface area contributed by atoms with Crippen LogP contribution in [0.5, 0.6) is 0 Å². The summed E-state index contributed by atoms with van der Waals surface area (Å²) in [5, 5.41) is 40.4. The molecule has 0 saturated heterocycles. The molecule has 0 aliphatic carbocycles. The Morgan fingerprint density at radius 3 is 2.22 bits per heavy atom. The van der Waals surface area contributed by atoms with Crippen molar-refractivity contribution in [2.75, 3.05) is 13.7 Å². The van der Waals surface area contributed by atoms with Crippen LogP contribution in [0.2, 0.25) is 0 Å². The lowest BCUT2D eigenvalue weighted by molar-refractivity contribution is -0.0993. The molecular formula is C7H16NO9P. The van der Waals surface area contributed by atoms with Crippen molar-refractivity contribution in [2.24, 2.45) is 5.16 Å². The number of hydrogen-bond donors (Lipinski definition) is 6. The van der Waals surface area contributed by atoms with Gasteiger partial charge in [-0.1, -0.05) is 5.16 Å². The van der Waals surface area contributed by atoms with Crippen LogP contribution in [0, 0.1) is 0 Å². The van der Waals surface area contributed by atoms with Crippen LogP contribution in [-0.4, -0.2) is 74.6 Å². The average Bonchev–Trinajstić information content (AvgIpc) is 2.29. The fourth-order valence-corrected chi connectivity index (χ4v) is 1.26. The van der Waals surface area contributed by atoms with E-state index in [0.717, 1.165) is 6.21 Å². The molecule has 0 aliphatic rings. The van der Waals surface area contributed by atoms with Gasteiger partial charge in [0.1, 0.15) is 31.5 Å². The molecule has 0 unspecified atom stereocenters. The molecule has 0 fully saturated rings. The van der Waals surface area contributed by atoms with Gasteiger partial charge in [0.05, 0.1) is 12.8 Å². The summed E-state index contributed by atoms with van der Waals surface area (Å²) in [6.07, 6.45) is -6.40. The predicted octanol–water partition coefficient (Wildman–Crippen LogP) is -2.83. The topological polar surface area (TPSA) is 169 Å². The van der Waals surface area contributed by atoms with Gasteiger partial charge in [0, 0.05) is 0 Å². The molecule has 11 heteroatoms. The minimum absolute atomic E-state index is 0.768. The molecule has 108 valence electrons. The van der Waals surface area contributed by atoms with Crippen LogP contribution >= 0.6 is 7.82 Å². The van der Waals surface area contributed by atoms with Crippen molar-refractivity contribution >= 4 is 14.0 Å². The lowest BCUT2D eigenvalue weighted by Crippen LogP contribution is -2.46. The van der Waals surface area contributed by atoms with Gasteiger partial charge in [-0.15, -0.1) is 0 Å². The Labute approximate surface area is 102 Å². The maximum Gasteiger partial charge on any atom is 0.469 e. The second-order valence-corrected chi connectivity index (χ2v) is 4.50. The summed E-state index contributed by atoms with van der Waals surface area (Å²) < 4.78 is 14.3. The number of oxime groups is 1. The minimum Gasteiger partial charge on any atom is -0.399 e. The molecule has 0 spiro atoms. The second-order valence-electron chi connectivity index (χ2n) is 3.26. The van der Waals surface area contributed by atoms with Crippen LogP contribution in [0.25, 0.3) is 0 Å². The fraction of sp³-hybridized carbons (Fsp3) is 0.857. The van der Waals surface area contributed by atoms with E-state index in [1.165, 1.54) is 7.11 Å². The summed E-state index contributed by atoms with van der Waals surface area (Å²) in [5.74, 6) is 0. The van der Waals surface area contributed by atoms with Gasteiger partial charge in [0.25, 0.3) is 0 Å². The Hall–Kier alpha value is -0.580. The van der Waals surface area contributed by atoms with Crippen LogP contribution in [0.4, 0.5) is 0 Å². The number of nitrogens with zero attached hydrogens (tertiary/aromatic N) is 1. The Morgan fingerprint density at radius 2 is 1.78 bits per heavy atom. The van der Waals surface area contributed by atoms with Gasteiger partial charge in [-0.25, -0.2) is 4.57 Å². The number of phosphoric ester groups is 1. The van der Waals surface area contributed by atoms with E-state index in [9.17, 15) is 25.0 Å². The first kappa shape index (κ1) is 17.4. The highest BCUT2D eigenvalue weighted by atomic mass is 31.2. The van der Waals surface area contributed by atoms with E-state index < -0.39 is 38.8 Å². The monoisotopic (exact) mass is 289 g/mol. The highest BCUT2D eigenvalue weighted by Gasteiger charge is 2.31. The molecule has 10 nitrogen and oxygen atoms in total. The summed E-state index contributed by atoms with van der Waals surface area (Å²) in [6, 6.07) is 0. The lowest BCUT2D eigenvalue weighted by atomic mass is 10.0. The first-order valence-corrected chi connectivity index (χ1v) is 6.21. The Kier molecular flexibility index (Phi) is 7.52. The van der Waals surface area contributed by atoms with E-state index in [2.05, 4.69) is 14.5 Å². The van der Waals surface area contributed by atoms with Crippen LogP contribution in [0.15, 0.2) is 5.16 Å². The van der Waals surface area contributed by atoms with E-state index in [0.29, 0.717) is 0 Å². The van der Waals surface area contributed by atoms with E-state index in [4.69, 9.17) is 9.79 Å². The van der Waals surface area contributed by atoms with Crippen molar-refractivity contribution in [1.29, 1.82) is 0 Å². The SMILES string of the molecule is CON=C[C@H](O)[C@@H](O)[C@H](O)[C@H](O)COP(=O)(O)O. The molecule has 0 saturated carbocycles. The average molecular weight is 289 g/mol. The molecule has 18 heavy (non-hydrogen) atoms. The highest BCUT2D eigenvalue weighted by molar-refractivity contribution is 7.46. The second kappa shape index (κ2) is 7.77. The first-order valence-electron chi connectivity index (χ1n) is 4.68. The third kappa shape index (κ3) is 6.99. The standard InChI is InChI=1S/C7H16NO9P/c1-16-8-2-4(9)6(11)7(12)5(10)3-17-18(13,14)15/h2,4-7,9-12H,3H2,1H3,(H2,13,14,15)/t4-,5+,6+,7+/m0/s1. The summed E-state index contributed by atoms with van der Waals surface area (Å²) in [4.78, 5) is 20.9. The van der Waals surface area contributed by atoms with Gasteiger partial charge < -0.3 is 35.1 Å². The van der Waals surface area contributed by atoms with Gasteiger partial charge in [-0.3, -0.25) is 4.52 Å². The number of phosphoric acid groups is 1. The molecule has 0 aromatic carbocycles. The van der Waals surface area contributed by atoms with Crippen molar-refractivity contribution in [3.63, 3.8) is 0 Å². The number of rotatable bonds is 8. The van der Waals surface area contributed by atoms with Gasteiger partial charge in [-0.05, 0) is 0 Å². The Morgan fingerprint density at radius 1 is 1.22 bits per heavy atom. The summed E-state index contributed by atoms with van der Waals surface area (Å²) >= 11 is 0. The molecule has 0 amide bonds.